The third kappa shape index (κ3) is 3.56. The van der Waals surface area contributed by atoms with Crippen LogP contribution >= 0.6 is 11.8 Å². The summed E-state index contributed by atoms with van der Waals surface area (Å²) in [4.78, 5) is 14.2. The van der Waals surface area contributed by atoms with Crippen molar-refractivity contribution in [2.45, 2.75) is 56.1 Å². The third-order valence-electron chi connectivity index (χ3n) is 4.40. The third-order valence-corrected chi connectivity index (χ3v) is 5.82. The van der Waals surface area contributed by atoms with Crippen LogP contribution in [0.3, 0.4) is 0 Å². The van der Waals surface area contributed by atoms with Gasteiger partial charge in [0.2, 0.25) is 0 Å². The van der Waals surface area contributed by atoms with Gasteiger partial charge in [0.05, 0.1) is 0 Å². The molecular formula is C14H26N2OS. The second-order valence-corrected chi connectivity index (χ2v) is 6.93. The lowest BCUT2D eigenvalue weighted by Crippen LogP contribution is -2.45. The smallest absolute Gasteiger partial charge is 0.317 e. The van der Waals surface area contributed by atoms with Gasteiger partial charge in [-0.3, -0.25) is 0 Å². The summed E-state index contributed by atoms with van der Waals surface area (Å²) in [6, 6.07) is 0.164. The van der Waals surface area contributed by atoms with E-state index in [-0.39, 0.29) is 6.03 Å². The monoisotopic (exact) mass is 270 g/mol. The lowest BCUT2D eigenvalue weighted by atomic mass is 10.1. The Hall–Kier alpha value is -0.380. The molecule has 1 heterocycles. The highest BCUT2D eigenvalue weighted by atomic mass is 32.2. The molecule has 2 fully saturated rings. The molecule has 3 nitrogen and oxygen atoms in total. The number of nitrogens with one attached hydrogen (secondary N) is 1. The van der Waals surface area contributed by atoms with Crippen molar-refractivity contribution < 1.29 is 4.79 Å². The van der Waals surface area contributed by atoms with Crippen LogP contribution in [0.25, 0.3) is 0 Å². The molecule has 0 aromatic carbocycles. The Balaban J connectivity index is 1.79. The number of carbonyl (C=O) groups excluding carboxylic acids is 1. The molecule has 1 aliphatic heterocycles. The van der Waals surface area contributed by atoms with Gasteiger partial charge in [0, 0.05) is 24.4 Å². The van der Waals surface area contributed by atoms with Crippen molar-refractivity contribution >= 4 is 17.8 Å². The number of hydrogen-bond acceptors (Lipinski definition) is 2. The second kappa shape index (κ2) is 6.69. The van der Waals surface area contributed by atoms with E-state index in [0.717, 1.165) is 19.6 Å². The van der Waals surface area contributed by atoms with E-state index in [0.29, 0.717) is 4.75 Å². The number of rotatable bonds is 3. The second-order valence-electron chi connectivity index (χ2n) is 5.65. The van der Waals surface area contributed by atoms with Gasteiger partial charge >= 0.3 is 6.03 Å². The Morgan fingerprint density at radius 3 is 2.28 bits per heavy atom. The summed E-state index contributed by atoms with van der Waals surface area (Å²) in [5.74, 6) is 0. The van der Waals surface area contributed by atoms with Crippen LogP contribution in [-0.4, -0.2) is 41.6 Å². The van der Waals surface area contributed by atoms with Gasteiger partial charge < -0.3 is 10.2 Å². The van der Waals surface area contributed by atoms with Crippen LogP contribution in [0.5, 0.6) is 0 Å². The average Bonchev–Trinajstić information content (AvgIpc) is 2.70. The van der Waals surface area contributed by atoms with E-state index >= 15 is 0 Å². The van der Waals surface area contributed by atoms with Gasteiger partial charge in [-0.05, 0) is 31.9 Å². The number of likely N-dealkylation sites (tertiary alicyclic amines) is 1. The molecular weight excluding hydrogens is 244 g/mol. The number of thioether (sulfide) groups is 1. The molecule has 2 rings (SSSR count). The van der Waals surface area contributed by atoms with Crippen LogP contribution in [-0.2, 0) is 0 Å². The summed E-state index contributed by atoms with van der Waals surface area (Å²) in [5, 5.41) is 3.18. The minimum atomic E-state index is 0.164. The maximum absolute atomic E-state index is 12.2. The maximum atomic E-state index is 12.2. The average molecular weight is 270 g/mol. The van der Waals surface area contributed by atoms with Gasteiger partial charge in [0.15, 0.2) is 0 Å². The van der Waals surface area contributed by atoms with Gasteiger partial charge in [0.1, 0.15) is 0 Å². The summed E-state index contributed by atoms with van der Waals surface area (Å²) in [5.41, 5.74) is 0. The molecule has 2 aliphatic rings. The molecule has 1 saturated carbocycles. The predicted molar refractivity (Wildman–Crippen MR) is 78.2 cm³/mol. The Morgan fingerprint density at radius 2 is 1.72 bits per heavy atom. The zero-order valence-corrected chi connectivity index (χ0v) is 12.4. The number of carbonyl (C=O) groups is 1. The van der Waals surface area contributed by atoms with Gasteiger partial charge in [-0.25, -0.2) is 4.79 Å². The van der Waals surface area contributed by atoms with Crippen LogP contribution in [0.2, 0.25) is 0 Å². The van der Waals surface area contributed by atoms with Crippen molar-refractivity contribution in [2.75, 3.05) is 25.9 Å². The highest BCUT2D eigenvalue weighted by Crippen LogP contribution is 2.39. The van der Waals surface area contributed by atoms with Crippen molar-refractivity contribution in [1.29, 1.82) is 0 Å². The molecule has 0 bridgehead atoms. The van der Waals surface area contributed by atoms with E-state index in [1.165, 1.54) is 51.4 Å². The summed E-state index contributed by atoms with van der Waals surface area (Å²) >= 11 is 1.94. The van der Waals surface area contributed by atoms with Crippen LogP contribution in [0.1, 0.15) is 51.4 Å². The first kappa shape index (κ1) is 14.0. The number of urea groups is 1. The SMILES string of the molecule is CSC1(CNC(=O)N2CCCCCC2)CCCC1. The van der Waals surface area contributed by atoms with Crippen molar-refractivity contribution in [3.8, 4) is 0 Å². The Kier molecular flexibility index (Phi) is 5.22. The number of nitrogens with zero attached hydrogens (tertiary/aromatic N) is 1. The summed E-state index contributed by atoms with van der Waals surface area (Å²) in [6.45, 7) is 2.74. The summed E-state index contributed by atoms with van der Waals surface area (Å²) in [7, 11) is 0. The molecule has 0 atom stereocenters. The predicted octanol–water partition coefficient (Wildman–Crippen LogP) is 3.25. The van der Waals surface area contributed by atoms with Crippen molar-refractivity contribution in [3.63, 3.8) is 0 Å². The Morgan fingerprint density at radius 1 is 1.11 bits per heavy atom. The lowest BCUT2D eigenvalue weighted by Gasteiger charge is -2.29. The molecule has 0 aromatic rings. The van der Waals surface area contributed by atoms with Gasteiger partial charge in [-0.2, -0.15) is 11.8 Å². The van der Waals surface area contributed by atoms with Crippen molar-refractivity contribution in [2.24, 2.45) is 0 Å². The van der Waals surface area contributed by atoms with Crippen molar-refractivity contribution in [1.82, 2.24) is 10.2 Å². The molecule has 1 saturated heterocycles. The zero-order chi connectivity index (χ0) is 12.8. The van der Waals surface area contributed by atoms with Crippen LogP contribution in [0.15, 0.2) is 0 Å². The number of hydrogen-bond donors (Lipinski definition) is 1. The Labute approximate surface area is 115 Å². The van der Waals surface area contributed by atoms with E-state index < -0.39 is 0 Å². The minimum absolute atomic E-state index is 0.164. The molecule has 0 unspecified atom stereocenters. The fourth-order valence-corrected chi connectivity index (χ4v) is 4.01. The summed E-state index contributed by atoms with van der Waals surface area (Å²) in [6.07, 6.45) is 12.2. The maximum Gasteiger partial charge on any atom is 0.317 e. The minimum Gasteiger partial charge on any atom is -0.337 e. The molecule has 0 spiro atoms. The van der Waals surface area contributed by atoms with Gasteiger partial charge in [0.25, 0.3) is 0 Å². The quantitative estimate of drug-likeness (QED) is 0.854. The van der Waals surface area contributed by atoms with Gasteiger partial charge in [-0.15, -0.1) is 0 Å². The molecule has 0 aromatic heterocycles. The van der Waals surface area contributed by atoms with Crippen LogP contribution in [0, 0.1) is 0 Å². The van der Waals surface area contributed by atoms with E-state index in [1.807, 2.05) is 16.7 Å². The first-order valence-electron chi connectivity index (χ1n) is 7.34. The largest absolute Gasteiger partial charge is 0.337 e. The molecule has 1 N–H and O–H groups in total. The van der Waals surface area contributed by atoms with Crippen LogP contribution in [0.4, 0.5) is 4.79 Å². The first-order chi connectivity index (χ1) is 8.76. The van der Waals surface area contributed by atoms with E-state index in [2.05, 4.69) is 11.6 Å². The molecule has 2 amide bonds. The van der Waals surface area contributed by atoms with Crippen molar-refractivity contribution in [3.05, 3.63) is 0 Å². The summed E-state index contributed by atoms with van der Waals surface area (Å²) < 4.78 is 0.321. The highest BCUT2D eigenvalue weighted by molar-refractivity contribution is 8.00. The Bertz CT molecular complexity index is 269. The molecule has 104 valence electrons. The van der Waals surface area contributed by atoms with Crippen LogP contribution < -0.4 is 5.32 Å². The zero-order valence-electron chi connectivity index (χ0n) is 11.5. The van der Waals surface area contributed by atoms with Gasteiger partial charge in [-0.1, -0.05) is 25.7 Å². The van der Waals surface area contributed by atoms with E-state index in [1.54, 1.807) is 0 Å². The molecule has 0 radical (unpaired) electrons. The van der Waals surface area contributed by atoms with E-state index in [4.69, 9.17) is 0 Å². The molecule has 4 heteroatoms. The van der Waals surface area contributed by atoms with E-state index in [9.17, 15) is 4.79 Å². The number of amides is 2. The topological polar surface area (TPSA) is 32.3 Å². The normalized spacial score (nSPS) is 23.7. The fourth-order valence-electron chi connectivity index (χ4n) is 3.09. The highest BCUT2D eigenvalue weighted by Gasteiger charge is 2.33. The lowest BCUT2D eigenvalue weighted by molar-refractivity contribution is 0.198. The first-order valence-corrected chi connectivity index (χ1v) is 8.56. The molecule has 18 heavy (non-hydrogen) atoms. The molecule has 1 aliphatic carbocycles. The fraction of sp³-hybridized carbons (Fsp3) is 0.929. The standard InChI is InChI=1S/C14H26N2OS/c1-18-14(8-4-5-9-14)12-15-13(17)16-10-6-2-3-7-11-16/h2-12H2,1H3,(H,15,17).